The van der Waals surface area contributed by atoms with Gasteiger partial charge in [0.15, 0.2) is 0 Å². The second-order valence-corrected chi connectivity index (χ2v) is 4.91. The van der Waals surface area contributed by atoms with Gasteiger partial charge in [0.05, 0.1) is 12.3 Å². The van der Waals surface area contributed by atoms with Gasteiger partial charge in [0.25, 0.3) is 0 Å². The van der Waals surface area contributed by atoms with Gasteiger partial charge in [-0.25, -0.2) is 4.68 Å². The van der Waals surface area contributed by atoms with E-state index in [1.165, 1.54) is 0 Å². The van der Waals surface area contributed by atoms with E-state index in [0.717, 1.165) is 18.5 Å². The Hall–Kier alpha value is -1.55. The molecule has 0 aliphatic heterocycles. The monoisotopic (exact) mass is 279 g/mol. The van der Waals surface area contributed by atoms with Crippen molar-refractivity contribution in [3.8, 4) is 11.7 Å². The molecule has 0 aliphatic carbocycles. The second-order valence-electron chi connectivity index (χ2n) is 4.53. The summed E-state index contributed by atoms with van der Waals surface area (Å²) in [6, 6.07) is 10.3. The van der Waals surface area contributed by atoms with E-state index in [1.807, 2.05) is 30.3 Å². The molecule has 0 aliphatic rings. The Morgan fingerprint density at radius 1 is 1.26 bits per heavy atom. The average molecular weight is 280 g/mol. The highest BCUT2D eigenvalue weighted by Gasteiger charge is 2.05. The van der Waals surface area contributed by atoms with Crippen molar-refractivity contribution in [3.05, 3.63) is 36.7 Å². The van der Waals surface area contributed by atoms with E-state index < -0.39 is 0 Å². The fourth-order valence-electron chi connectivity index (χ4n) is 1.70. The SMILES string of the molecule is CC(CCCl)CCOc1ncn(-c2ccccc2)n1. The molecule has 2 aromatic rings. The molecular formula is C14H18ClN3O. The van der Waals surface area contributed by atoms with Crippen molar-refractivity contribution < 1.29 is 4.74 Å². The molecule has 102 valence electrons. The Balaban J connectivity index is 1.85. The van der Waals surface area contributed by atoms with Crippen LogP contribution < -0.4 is 4.74 Å². The zero-order valence-electron chi connectivity index (χ0n) is 11.0. The van der Waals surface area contributed by atoms with Gasteiger partial charge < -0.3 is 4.74 Å². The first-order valence-corrected chi connectivity index (χ1v) is 6.99. The largest absolute Gasteiger partial charge is 0.462 e. The Labute approximate surface area is 118 Å². The summed E-state index contributed by atoms with van der Waals surface area (Å²) < 4.78 is 7.24. The third-order valence-electron chi connectivity index (χ3n) is 2.94. The minimum absolute atomic E-state index is 0.418. The number of hydrogen-bond donors (Lipinski definition) is 0. The number of aromatic nitrogens is 3. The summed E-state index contributed by atoms with van der Waals surface area (Å²) >= 11 is 5.69. The molecule has 0 saturated heterocycles. The fourth-order valence-corrected chi connectivity index (χ4v) is 2.07. The van der Waals surface area contributed by atoms with Crippen LogP contribution in [0, 0.1) is 5.92 Å². The smallest absolute Gasteiger partial charge is 0.335 e. The van der Waals surface area contributed by atoms with E-state index in [1.54, 1.807) is 11.0 Å². The molecule has 2 rings (SSSR count). The van der Waals surface area contributed by atoms with Gasteiger partial charge in [0.1, 0.15) is 6.33 Å². The van der Waals surface area contributed by atoms with Crippen molar-refractivity contribution in [2.45, 2.75) is 19.8 Å². The van der Waals surface area contributed by atoms with Crippen molar-refractivity contribution in [1.82, 2.24) is 14.8 Å². The lowest BCUT2D eigenvalue weighted by molar-refractivity contribution is 0.262. The number of hydrogen-bond acceptors (Lipinski definition) is 3. The summed E-state index contributed by atoms with van der Waals surface area (Å²) in [7, 11) is 0. The van der Waals surface area contributed by atoms with E-state index in [4.69, 9.17) is 16.3 Å². The van der Waals surface area contributed by atoms with Gasteiger partial charge in [-0.15, -0.1) is 16.7 Å². The normalized spacial score (nSPS) is 12.3. The van der Waals surface area contributed by atoms with Crippen molar-refractivity contribution in [2.75, 3.05) is 12.5 Å². The van der Waals surface area contributed by atoms with Crippen LogP contribution in [0.4, 0.5) is 0 Å². The quantitative estimate of drug-likeness (QED) is 0.730. The molecule has 1 aromatic carbocycles. The molecule has 1 aromatic heterocycles. The lowest BCUT2D eigenvalue weighted by atomic mass is 10.1. The minimum atomic E-state index is 0.418. The van der Waals surface area contributed by atoms with Crippen LogP contribution >= 0.6 is 11.6 Å². The average Bonchev–Trinajstić information content (AvgIpc) is 2.89. The Morgan fingerprint density at radius 2 is 2.05 bits per heavy atom. The molecule has 0 bridgehead atoms. The van der Waals surface area contributed by atoms with Crippen LogP contribution in [-0.4, -0.2) is 27.3 Å². The van der Waals surface area contributed by atoms with Crippen molar-refractivity contribution in [1.29, 1.82) is 0 Å². The van der Waals surface area contributed by atoms with E-state index >= 15 is 0 Å². The molecule has 4 nitrogen and oxygen atoms in total. The van der Waals surface area contributed by atoms with Crippen LogP contribution in [0.2, 0.25) is 0 Å². The van der Waals surface area contributed by atoms with Crippen molar-refractivity contribution in [2.24, 2.45) is 5.92 Å². The number of benzene rings is 1. The highest BCUT2D eigenvalue weighted by molar-refractivity contribution is 6.17. The Morgan fingerprint density at radius 3 is 2.79 bits per heavy atom. The number of halogens is 1. The molecule has 0 spiro atoms. The summed E-state index contributed by atoms with van der Waals surface area (Å²) in [5.74, 6) is 1.26. The summed E-state index contributed by atoms with van der Waals surface area (Å²) in [6.07, 6.45) is 3.64. The summed E-state index contributed by atoms with van der Waals surface area (Å²) in [5.41, 5.74) is 0.973. The maximum atomic E-state index is 5.69. The van der Waals surface area contributed by atoms with Crippen LogP contribution in [0.3, 0.4) is 0 Å². The lowest BCUT2D eigenvalue weighted by Crippen LogP contribution is -2.06. The van der Waals surface area contributed by atoms with E-state index in [2.05, 4.69) is 17.0 Å². The number of para-hydroxylation sites is 1. The molecule has 0 amide bonds. The topological polar surface area (TPSA) is 39.9 Å². The summed E-state index contributed by atoms with van der Waals surface area (Å²) in [4.78, 5) is 4.14. The van der Waals surface area contributed by atoms with Crippen LogP contribution in [-0.2, 0) is 0 Å². The van der Waals surface area contributed by atoms with Gasteiger partial charge in [-0.3, -0.25) is 0 Å². The number of alkyl halides is 1. The minimum Gasteiger partial charge on any atom is -0.462 e. The summed E-state index contributed by atoms with van der Waals surface area (Å²) in [5, 5.41) is 4.28. The molecule has 1 heterocycles. The van der Waals surface area contributed by atoms with Gasteiger partial charge in [-0.1, -0.05) is 25.1 Å². The zero-order chi connectivity index (χ0) is 13.5. The standard InChI is InChI=1S/C14H18ClN3O/c1-12(7-9-15)8-10-19-14-16-11-18(17-14)13-5-3-2-4-6-13/h2-6,11-12H,7-10H2,1H3. The molecule has 0 saturated carbocycles. The van der Waals surface area contributed by atoms with Crippen LogP contribution in [0.25, 0.3) is 5.69 Å². The molecule has 0 fully saturated rings. The highest BCUT2D eigenvalue weighted by atomic mass is 35.5. The predicted molar refractivity (Wildman–Crippen MR) is 76.0 cm³/mol. The zero-order valence-corrected chi connectivity index (χ0v) is 11.8. The van der Waals surface area contributed by atoms with E-state index in [0.29, 0.717) is 24.4 Å². The highest BCUT2D eigenvalue weighted by Crippen LogP contribution is 2.11. The lowest BCUT2D eigenvalue weighted by Gasteiger charge is -2.08. The van der Waals surface area contributed by atoms with Crippen LogP contribution in [0.1, 0.15) is 19.8 Å². The van der Waals surface area contributed by atoms with Crippen molar-refractivity contribution in [3.63, 3.8) is 0 Å². The van der Waals surface area contributed by atoms with E-state index in [9.17, 15) is 0 Å². The van der Waals surface area contributed by atoms with Gasteiger partial charge in [0, 0.05) is 5.88 Å². The van der Waals surface area contributed by atoms with Gasteiger partial charge in [0.2, 0.25) is 0 Å². The van der Waals surface area contributed by atoms with Gasteiger partial charge >= 0.3 is 6.01 Å². The number of nitrogens with zero attached hydrogens (tertiary/aromatic N) is 3. The van der Waals surface area contributed by atoms with Crippen molar-refractivity contribution >= 4 is 11.6 Å². The molecule has 1 unspecified atom stereocenters. The first-order valence-electron chi connectivity index (χ1n) is 6.45. The van der Waals surface area contributed by atoms with Crippen LogP contribution in [0.5, 0.6) is 6.01 Å². The second kappa shape index (κ2) is 7.14. The van der Waals surface area contributed by atoms with E-state index in [-0.39, 0.29) is 0 Å². The number of ether oxygens (including phenoxy) is 1. The fraction of sp³-hybridized carbons (Fsp3) is 0.429. The third-order valence-corrected chi connectivity index (χ3v) is 3.15. The Bertz CT molecular complexity index is 486. The Kier molecular flexibility index (Phi) is 5.21. The summed E-state index contributed by atoms with van der Waals surface area (Å²) in [6.45, 7) is 2.79. The molecule has 19 heavy (non-hydrogen) atoms. The molecule has 1 atom stereocenters. The predicted octanol–water partition coefficient (Wildman–Crippen LogP) is 3.30. The van der Waals surface area contributed by atoms with Crippen LogP contribution in [0.15, 0.2) is 36.7 Å². The first-order chi connectivity index (χ1) is 9.29. The third kappa shape index (κ3) is 4.24. The maximum Gasteiger partial charge on any atom is 0.335 e. The van der Waals surface area contributed by atoms with Gasteiger partial charge in [-0.05, 0) is 30.9 Å². The van der Waals surface area contributed by atoms with Gasteiger partial charge in [-0.2, -0.15) is 4.98 Å². The molecule has 0 radical (unpaired) electrons. The molecule has 0 N–H and O–H groups in total. The molecule has 5 heteroatoms. The molecular weight excluding hydrogens is 262 g/mol. The first kappa shape index (κ1) is 13.9. The number of rotatable bonds is 7. The maximum absolute atomic E-state index is 5.69.